The van der Waals surface area contributed by atoms with Crippen LogP contribution in [0.15, 0.2) is 0 Å². The predicted molar refractivity (Wildman–Crippen MR) is 71.7 cm³/mol. The van der Waals surface area contributed by atoms with Crippen LogP contribution in [0, 0.1) is 5.92 Å². The van der Waals surface area contributed by atoms with Gasteiger partial charge >= 0.3 is 0 Å². The summed E-state index contributed by atoms with van der Waals surface area (Å²) >= 11 is 0. The molecule has 1 aliphatic carbocycles. The molecule has 2 fully saturated rings. The molecule has 0 N–H and O–H groups in total. The van der Waals surface area contributed by atoms with Gasteiger partial charge in [-0.1, -0.05) is 0 Å². The number of hydrogen-bond donors (Lipinski definition) is 0. The maximum atomic E-state index is 6.02. The lowest BCUT2D eigenvalue weighted by molar-refractivity contribution is -0.0204. The Morgan fingerprint density at radius 3 is 2.56 bits per heavy atom. The lowest BCUT2D eigenvalue weighted by atomic mass is 10.0. The molecule has 0 amide bonds. The molecule has 0 radical (unpaired) electrons. The highest BCUT2D eigenvalue weighted by molar-refractivity contribution is 4.78. The number of hydrogen-bond acceptors (Lipinski definition) is 3. The first-order chi connectivity index (χ1) is 8.63. The van der Waals surface area contributed by atoms with Crippen molar-refractivity contribution in [1.29, 1.82) is 0 Å². The summed E-state index contributed by atoms with van der Waals surface area (Å²) in [5, 5.41) is 0. The summed E-state index contributed by atoms with van der Waals surface area (Å²) in [4.78, 5) is 0. The minimum atomic E-state index is 0.337. The van der Waals surface area contributed by atoms with E-state index in [4.69, 9.17) is 14.2 Å². The molecule has 1 saturated carbocycles. The van der Waals surface area contributed by atoms with E-state index in [9.17, 15) is 0 Å². The fourth-order valence-corrected chi connectivity index (χ4v) is 3.23. The van der Waals surface area contributed by atoms with E-state index in [0.717, 1.165) is 25.6 Å². The molecule has 106 valence electrons. The van der Waals surface area contributed by atoms with E-state index in [0.29, 0.717) is 24.4 Å². The van der Waals surface area contributed by atoms with Gasteiger partial charge in [-0.15, -0.1) is 0 Å². The van der Waals surface area contributed by atoms with Crippen molar-refractivity contribution in [3.05, 3.63) is 0 Å². The third kappa shape index (κ3) is 4.52. The summed E-state index contributed by atoms with van der Waals surface area (Å²) in [5.41, 5.74) is 0. The van der Waals surface area contributed by atoms with Crippen molar-refractivity contribution < 1.29 is 14.2 Å². The standard InChI is InChI=1S/C15H28O3/c1-11(2)17-14-5-4-13(9-14)8-12(3)18-15-6-7-16-10-15/h11-15H,4-10H2,1-3H3. The summed E-state index contributed by atoms with van der Waals surface area (Å²) in [6.45, 7) is 8.10. The third-order valence-electron chi connectivity index (χ3n) is 3.94. The van der Waals surface area contributed by atoms with Gasteiger partial charge < -0.3 is 14.2 Å². The molecule has 2 rings (SSSR count). The molecule has 1 aliphatic heterocycles. The first kappa shape index (κ1) is 14.3. The highest BCUT2D eigenvalue weighted by Gasteiger charge is 2.28. The Morgan fingerprint density at radius 2 is 1.89 bits per heavy atom. The van der Waals surface area contributed by atoms with E-state index in [-0.39, 0.29) is 0 Å². The van der Waals surface area contributed by atoms with Gasteiger partial charge in [-0.25, -0.2) is 0 Å². The van der Waals surface area contributed by atoms with Crippen LogP contribution in [0.4, 0.5) is 0 Å². The van der Waals surface area contributed by atoms with Crippen molar-refractivity contribution in [2.45, 2.75) is 77.3 Å². The van der Waals surface area contributed by atoms with Gasteiger partial charge in [-0.2, -0.15) is 0 Å². The quantitative estimate of drug-likeness (QED) is 0.730. The van der Waals surface area contributed by atoms with Crippen LogP contribution < -0.4 is 0 Å². The van der Waals surface area contributed by atoms with Gasteiger partial charge in [0.05, 0.1) is 31.0 Å². The lowest BCUT2D eigenvalue weighted by Crippen LogP contribution is -2.22. The second kappa shape index (κ2) is 6.88. The van der Waals surface area contributed by atoms with Crippen molar-refractivity contribution in [3.8, 4) is 0 Å². The fourth-order valence-electron chi connectivity index (χ4n) is 3.23. The molecule has 0 aromatic carbocycles. The van der Waals surface area contributed by atoms with Gasteiger partial charge in [0.1, 0.15) is 0 Å². The first-order valence-electron chi connectivity index (χ1n) is 7.52. The molecule has 4 unspecified atom stereocenters. The molecular weight excluding hydrogens is 228 g/mol. The average molecular weight is 256 g/mol. The van der Waals surface area contributed by atoms with Crippen LogP contribution >= 0.6 is 0 Å². The van der Waals surface area contributed by atoms with Crippen molar-refractivity contribution in [2.75, 3.05) is 13.2 Å². The van der Waals surface area contributed by atoms with Crippen LogP contribution in [0.2, 0.25) is 0 Å². The summed E-state index contributed by atoms with van der Waals surface area (Å²) in [6, 6.07) is 0. The Labute approximate surface area is 111 Å². The van der Waals surface area contributed by atoms with Gasteiger partial charge in [0.2, 0.25) is 0 Å². The molecule has 4 atom stereocenters. The molecule has 0 spiro atoms. The highest BCUT2D eigenvalue weighted by Crippen LogP contribution is 2.32. The molecule has 1 heterocycles. The molecule has 2 aliphatic rings. The molecule has 3 heteroatoms. The summed E-state index contributed by atoms with van der Waals surface area (Å²) in [6.07, 6.45) is 7.52. The van der Waals surface area contributed by atoms with Crippen LogP contribution in [-0.2, 0) is 14.2 Å². The van der Waals surface area contributed by atoms with Gasteiger partial charge in [-0.05, 0) is 58.8 Å². The smallest absolute Gasteiger partial charge is 0.0834 e. The fraction of sp³-hybridized carbons (Fsp3) is 1.00. The molecule has 0 aromatic rings. The Morgan fingerprint density at radius 1 is 1.06 bits per heavy atom. The van der Waals surface area contributed by atoms with E-state index in [1.807, 2.05) is 0 Å². The Hall–Kier alpha value is -0.120. The van der Waals surface area contributed by atoms with Gasteiger partial charge in [0.15, 0.2) is 0 Å². The summed E-state index contributed by atoms with van der Waals surface area (Å²) < 4.78 is 17.3. The zero-order chi connectivity index (χ0) is 13.0. The normalized spacial score (nSPS) is 34.3. The Balaban J connectivity index is 1.64. The minimum Gasteiger partial charge on any atom is -0.379 e. The molecule has 3 nitrogen and oxygen atoms in total. The van der Waals surface area contributed by atoms with Crippen LogP contribution in [0.1, 0.15) is 52.9 Å². The van der Waals surface area contributed by atoms with Crippen LogP contribution in [-0.4, -0.2) is 37.6 Å². The monoisotopic (exact) mass is 256 g/mol. The van der Waals surface area contributed by atoms with Gasteiger partial charge in [0, 0.05) is 6.61 Å². The Kier molecular flexibility index (Phi) is 5.46. The molecule has 0 bridgehead atoms. The van der Waals surface area contributed by atoms with Gasteiger partial charge in [-0.3, -0.25) is 0 Å². The minimum absolute atomic E-state index is 0.337. The van der Waals surface area contributed by atoms with Crippen molar-refractivity contribution in [3.63, 3.8) is 0 Å². The highest BCUT2D eigenvalue weighted by atomic mass is 16.5. The van der Waals surface area contributed by atoms with Crippen LogP contribution in [0.5, 0.6) is 0 Å². The molecule has 0 aromatic heterocycles. The lowest BCUT2D eigenvalue weighted by Gasteiger charge is -2.21. The maximum Gasteiger partial charge on any atom is 0.0834 e. The van der Waals surface area contributed by atoms with Gasteiger partial charge in [0.25, 0.3) is 0 Å². The summed E-state index contributed by atoms with van der Waals surface area (Å²) in [7, 11) is 0. The van der Waals surface area contributed by atoms with E-state index >= 15 is 0 Å². The molecular formula is C15H28O3. The zero-order valence-corrected chi connectivity index (χ0v) is 12.1. The van der Waals surface area contributed by atoms with Crippen molar-refractivity contribution >= 4 is 0 Å². The average Bonchev–Trinajstić information content (AvgIpc) is 2.89. The Bertz CT molecular complexity index is 236. The van der Waals surface area contributed by atoms with Crippen molar-refractivity contribution in [1.82, 2.24) is 0 Å². The van der Waals surface area contributed by atoms with E-state index in [2.05, 4.69) is 20.8 Å². The van der Waals surface area contributed by atoms with Crippen LogP contribution in [0.3, 0.4) is 0 Å². The largest absolute Gasteiger partial charge is 0.379 e. The maximum absolute atomic E-state index is 6.02. The van der Waals surface area contributed by atoms with E-state index in [1.54, 1.807) is 0 Å². The number of ether oxygens (including phenoxy) is 3. The SMILES string of the molecule is CC(C)OC1CCC(CC(C)OC2CCOC2)C1. The van der Waals surface area contributed by atoms with Crippen molar-refractivity contribution in [2.24, 2.45) is 5.92 Å². The topological polar surface area (TPSA) is 27.7 Å². The summed E-state index contributed by atoms with van der Waals surface area (Å²) in [5.74, 6) is 0.783. The third-order valence-corrected chi connectivity index (χ3v) is 3.94. The first-order valence-corrected chi connectivity index (χ1v) is 7.52. The van der Waals surface area contributed by atoms with Crippen LogP contribution in [0.25, 0.3) is 0 Å². The number of rotatable bonds is 6. The zero-order valence-electron chi connectivity index (χ0n) is 12.1. The predicted octanol–water partition coefficient (Wildman–Crippen LogP) is 3.16. The second-order valence-corrected chi connectivity index (χ2v) is 6.15. The van der Waals surface area contributed by atoms with E-state index < -0.39 is 0 Å². The molecule has 1 saturated heterocycles. The molecule has 18 heavy (non-hydrogen) atoms. The van der Waals surface area contributed by atoms with E-state index in [1.165, 1.54) is 25.7 Å². The second-order valence-electron chi connectivity index (χ2n) is 6.15.